The summed E-state index contributed by atoms with van der Waals surface area (Å²) in [6, 6.07) is 10.2. The lowest BCUT2D eigenvalue weighted by molar-refractivity contribution is 0.219. The predicted octanol–water partition coefficient (Wildman–Crippen LogP) is 3.26. The largest absolute Gasteiger partial charge is 0.312 e. The van der Waals surface area contributed by atoms with Gasteiger partial charge in [-0.3, -0.25) is 4.90 Å². The van der Waals surface area contributed by atoms with Crippen LogP contribution in [-0.2, 0) is 0 Å². The highest BCUT2D eigenvalue weighted by atomic mass is 32.2. The maximum atomic E-state index is 3.61. The van der Waals surface area contributed by atoms with E-state index in [4.69, 9.17) is 0 Å². The van der Waals surface area contributed by atoms with Crippen LogP contribution in [0.1, 0.15) is 42.3 Å². The molecule has 1 aromatic carbocycles. The molecule has 1 aliphatic heterocycles. The molecule has 20 heavy (non-hydrogen) atoms. The molecule has 2 unspecified atom stereocenters. The Morgan fingerprint density at radius 3 is 2.75 bits per heavy atom. The lowest BCUT2D eigenvalue weighted by atomic mass is 9.76. The van der Waals surface area contributed by atoms with Crippen LogP contribution in [0.25, 0.3) is 0 Å². The molecule has 1 N–H and O–H groups in total. The number of hydrogen-bond donors (Lipinski definition) is 1. The van der Waals surface area contributed by atoms with E-state index in [1.165, 1.54) is 37.3 Å². The highest BCUT2D eigenvalue weighted by Gasteiger charge is 2.31. The van der Waals surface area contributed by atoms with Gasteiger partial charge in [0.1, 0.15) is 0 Å². The van der Waals surface area contributed by atoms with Crippen LogP contribution in [0.4, 0.5) is 0 Å². The molecule has 3 rings (SSSR count). The summed E-state index contributed by atoms with van der Waals surface area (Å²) in [5, 5.41) is 3.61. The molecular weight excluding hydrogens is 264 g/mol. The number of hydrogen-bond acceptors (Lipinski definition) is 3. The summed E-state index contributed by atoms with van der Waals surface area (Å²) in [5.41, 5.74) is 3.14. The number of thioether (sulfide) groups is 1. The number of benzene rings is 1. The van der Waals surface area contributed by atoms with Crippen molar-refractivity contribution in [3.8, 4) is 0 Å². The second-order valence-electron chi connectivity index (χ2n) is 6.15. The molecule has 110 valence electrons. The molecule has 1 saturated heterocycles. The Hall–Kier alpha value is -0.510. The van der Waals surface area contributed by atoms with E-state index in [1.54, 1.807) is 11.1 Å². The number of nitrogens with one attached hydrogen (secondary N) is 1. The third-order valence-corrected chi connectivity index (χ3v) is 6.06. The average molecular weight is 290 g/mol. The average Bonchev–Trinajstić information content (AvgIpc) is 2.41. The maximum Gasteiger partial charge on any atom is 0.0486 e. The Kier molecular flexibility index (Phi) is 4.69. The fraction of sp³-hybridized carbons (Fsp3) is 0.647. The summed E-state index contributed by atoms with van der Waals surface area (Å²) in [5.74, 6) is 3.32. The molecule has 1 aliphatic carbocycles. The Labute approximate surface area is 127 Å². The molecule has 3 heteroatoms. The first-order valence-corrected chi connectivity index (χ1v) is 9.01. The van der Waals surface area contributed by atoms with E-state index >= 15 is 0 Å². The van der Waals surface area contributed by atoms with Gasteiger partial charge in [-0.2, -0.15) is 11.8 Å². The van der Waals surface area contributed by atoms with Crippen molar-refractivity contribution < 1.29 is 0 Å². The van der Waals surface area contributed by atoms with E-state index in [2.05, 4.69) is 60.3 Å². The zero-order valence-electron chi connectivity index (χ0n) is 12.6. The lowest BCUT2D eigenvalue weighted by Crippen LogP contribution is -2.47. The van der Waals surface area contributed by atoms with Crippen molar-refractivity contribution in [1.82, 2.24) is 10.2 Å². The van der Waals surface area contributed by atoms with Crippen LogP contribution in [0.5, 0.6) is 0 Å². The Bertz CT molecular complexity index is 444. The van der Waals surface area contributed by atoms with Gasteiger partial charge in [-0.05, 0) is 44.0 Å². The first-order valence-electron chi connectivity index (χ1n) is 7.85. The van der Waals surface area contributed by atoms with Crippen LogP contribution < -0.4 is 5.32 Å². The summed E-state index contributed by atoms with van der Waals surface area (Å²) in [7, 11) is 4.40. The lowest BCUT2D eigenvalue weighted by Gasteiger charge is -2.39. The van der Waals surface area contributed by atoms with Gasteiger partial charge in [0.25, 0.3) is 0 Å². The van der Waals surface area contributed by atoms with Gasteiger partial charge in [0.05, 0.1) is 0 Å². The van der Waals surface area contributed by atoms with E-state index in [1.807, 2.05) is 0 Å². The molecule has 0 spiro atoms. The van der Waals surface area contributed by atoms with Crippen LogP contribution in [-0.4, -0.2) is 43.1 Å². The summed E-state index contributed by atoms with van der Waals surface area (Å²) >= 11 is 2.10. The number of nitrogens with zero attached hydrogens (tertiary/aromatic N) is 1. The second-order valence-corrected chi connectivity index (χ2v) is 7.30. The van der Waals surface area contributed by atoms with Gasteiger partial charge in [0, 0.05) is 30.1 Å². The molecule has 0 radical (unpaired) electrons. The Morgan fingerprint density at radius 1 is 1.30 bits per heavy atom. The summed E-state index contributed by atoms with van der Waals surface area (Å²) in [6.45, 7) is 1.21. The standard InChI is InChI=1S/C17H26N2S/c1-18-17(16-12-20-11-10-19(16)2)15-9-4-3-8-14(15)13-6-5-7-13/h3-4,8-9,13,16-18H,5-7,10-12H2,1-2H3. The molecule has 1 saturated carbocycles. The minimum atomic E-state index is 0.463. The molecule has 2 aliphatic rings. The fourth-order valence-electron chi connectivity index (χ4n) is 3.50. The monoisotopic (exact) mass is 290 g/mol. The van der Waals surface area contributed by atoms with Gasteiger partial charge < -0.3 is 5.32 Å². The minimum absolute atomic E-state index is 0.463. The summed E-state index contributed by atoms with van der Waals surface area (Å²) in [4.78, 5) is 2.54. The van der Waals surface area contributed by atoms with Crippen LogP contribution in [0.2, 0.25) is 0 Å². The van der Waals surface area contributed by atoms with E-state index < -0.39 is 0 Å². The zero-order chi connectivity index (χ0) is 13.9. The van der Waals surface area contributed by atoms with E-state index in [-0.39, 0.29) is 0 Å². The molecule has 0 bridgehead atoms. The molecule has 0 aromatic heterocycles. The quantitative estimate of drug-likeness (QED) is 0.916. The van der Waals surface area contributed by atoms with Crippen molar-refractivity contribution in [1.29, 1.82) is 0 Å². The first kappa shape index (κ1) is 14.4. The van der Waals surface area contributed by atoms with Gasteiger partial charge in [0.15, 0.2) is 0 Å². The molecule has 2 nitrogen and oxygen atoms in total. The van der Waals surface area contributed by atoms with Crippen molar-refractivity contribution >= 4 is 11.8 Å². The summed E-state index contributed by atoms with van der Waals surface area (Å²) < 4.78 is 0. The fourth-order valence-corrected chi connectivity index (χ4v) is 4.77. The van der Waals surface area contributed by atoms with Crippen LogP contribution >= 0.6 is 11.8 Å². The van der Waals surface area contributed by atoms with Crippen molar-refractivity contribution in [2.24, 2.45) is 0 Å². The van der Waals surface area contributed by atoms with Crippen molar-refractivity contribution in [3.63, 3.8) is 0 Å². The minimum Gasteiger partial charge on any atom is -0.312 e. The van der Waals surface area contributed by atoms with Gasteiger partial charge in [-0.1, -0.05) is 30.7 Å². The number of rotatable bonds is 4. The zero-order valence-corrected chi connectivity index (χ0v) is 13.5. The highest BCUT2D eigenvalue weighted by Crippen LogP contribution is 2.40. The third-order valence-electron chi connectivity index (χ3n) is 5.01. The normalized spacial score (nSPS) is 26.2. The Balaban J connectivity index is 1.88. The van der Waals surface area contributed by atoms with Crippen molar-refractivity contribution in [2.75, 3.05) is 32.1 Å². The molecule has 2 atom stereocenters. The SMILES string of the molecule is CNC(c1ccccc1C1CCC1)C1CSCCN1C. The third kappa shape index (κ3) is 2.76. The molecular formula is C17H26N2S. The molecule has 1 aromatic rings. The van der Waals surface area contributed by atoms with Crippen LogP contribution in [0, 0.1) is 0 Å². The molecule has 0 amide bonds. The molecule has 1 heterocycles. The van der Waals surface area contributed by atoms with Crippen molar-refractivity contribution in [2.45, 2.75) is 37.3 Å². The van der Waals surface area contributed by atoms with Gasteiger partial charge >= 0.3 is 0 Å². The van der Waals surface area contributed by atoms with E-state index in [9.17, 15) is 0 Å². The highest BCUT2D eigenvalue weighted by molar-refractivity contribution is 7.99. The summed E-state index contributed by atoms with van der Waals surface area (Å²) in [6.07, 6.45) is 4.16. The van der Waals surface area contributed by atoms with Crippen molar-refractivity contribution in [3.05, 3.63) is 35.4 Å². The van der Waals surface area contributed by atoms with Gasteiger partial charge in [-0.25, -0.2) is 0 Å². The second kappa shape index (κ2) is 6.50. The van der Waals surface area contributed by atoms with Crippen LogP contribution in [0.3, 0.4) is 0 Å². The van der Waals surface area contributed by atoms with Gasteiger partial charge in [0.2, 0.25) is 0 Å². The molecule has 2 fully saturated rings. The van der Waals surface area contributed by atoms with Crippen LogP contribution in [0.15, 0.2) is 24.3 Å². The van der Waals surface area contributed by atoms with E-state index in [0.717, 1.165) is 5.92 Å². The predicted molar refractivity (Wildman–Crippen MR) is 88.6 cm³/mol. The smallest absolute Gasteiger partial charge is 0.0486 e. The first-order chi connectivity index (χ1) is 9.81. The maximum absolute atomic E-state index is 3.61. The van der Waals surface area contributed by atoms with E-state index in [0.29, 0.717) is 12.1 Å². The topological polar surface area (TPSA) is 15.3 Å². The Morgan fingerprint density at radius 2 is 2.10 bits per heavy atom. The number of likely N-dealkylation sites (N-methyl/N-ethyl adjacent to an activating group) is 2. The van der Waals surface area contributed by atoms with Gasteiger partial charge in [-0.15, -0.1) is 0 Å².